The highest BCUT2D eigenvalue weighted by Crippen LogP contribution is 1.91. The van der Waals surface area contributed by atoms with Crippen molar-refractivity contribution in [3.8, 4) is 0 Å². The first-order valence-electron chi connectivity index (χ1n) is 3.04. The molecule has 0 aliphatic carbocycles. The molecule has 0 amide bonds. The molecule has 54 valence electrons. The van der Waals surface area contributed by atoms with Gasteiger partial charge in [-0.05, 0) is 19.2 Å². The van der Waals surface area contributed by atoms with Crippen LogP contribution in [0.3, 0.4) is 0 Å². The normalized spacial score (nSPS) is 11.9. The molecule has 0 heterocycles. The first kappa shape index (κ1) is 8.82. The van der Waals surface area contributed by atoms with Gasteiger partial charge in [0, 0.05) is 6.08 Å². The van der Waals surface area contributed by atoms with Gasteiger partial charge in [0.05, 0.1) is 6.54 Å². The monoisotopic (exact) mass is 138 g/mol. The highest BCUT2D eigenvalue weighted by atomic mass is 16.1. The van der Waals surface area contributed by atoms with Crippen molar-refractivity contribution in [3.63, 3.8) is 0 Å². The summed E-state index contributed by atoms with van der Waals surface area (Å²) in [5.74, 6) is 0. The van der Waals surface area contributed by atoms with Gasteiger partial charge in [-0.2, -0.15) is 0 Å². The van der Waals surface area contributed by atoms with Crippen LogP contribution in [0.4, 0.5) is 0 Å². The molecule has 0 saturated carbocycles. The summed E-state index contributed by atoms with van der Waals surface area (Å²) in [7, 11) is 0. The van der Waals surface area contributed by atoms with Gasteiger partial charge in [-0.15, -0.1) is 0 Å². The van der Waals surface area contributed by atoms with Crippen molar-refractivity contribution in [1.29, 1.82) is 0 Å². The van der Waals surface area contributed by atoms with Crippen molar-refractivity contribution in [2.75, 3.05) is 6.54 Å². The highest BCUT2D eigenvalue weighted by molar-refractivity contribution is 5.67. The molecule has 0 aromatic carbocycles. The first-order valence-corrected chi connectivity index (χ1v) is 3.04. The number of aldehydes is 1. The average molecular weight is 138 g/mol. The van der Waals surface area contributed by atoms with Crippen LogP contribution < -0.4 is 0 Å². The minimum atomic E-state index is 0.622. The van der Waals surface area contributed by atoms with E-state index in [9.17, 15) is 0 Å². The lowest BCUT2D eigenvalue weighted by Gasteiger charge is -1.83. The summed E-state index contributed by atoms with van der Waals surface area (Å²) in [6.45, 7) is 5.84. The summed E-state index contributed by atoms with van der Waals surface area (Å²) >= 11 is 0. The Kier molecular flexibility index (Phi) is 5.25. The van der Waals surface area contributed by atoms with Crippen LogP contribution in [-0.4, -0.2) is 24.3 Å². The third kappa shape index (κ3) is 4.97. The number of nitrogens with zero attached hydrogens (tertiary/aromatic N) is 1. The number of rotatable bonds is 4. The van der Waals surface area contributed by atoms with Gasteiger partial charge in [0.1, 0.15) is 0 Å². The van der Waals surface area contributed by atoms with Crippen LogP contribution in [0.1, 0.15) is 6.92 Å². The highest BCUT2D eigenvalue weighted by Gasteiger charge is 1.79. The molecule has 0 aromatic heterocycles. The number of hydrogen-bond acceptors (Lipinski definition) is 1. The lowest BCUT2D eigenvalue weighted by atomic mass is 10.2. The van der Waals surface area contributed by atoms with Gasteiger partial charge in [-0.3, -0.25) is 9.79 Å². The standard InChI is InChI=1S/C8H11NO/c1-8(5-7-10)4-3-6-9-2/h3-5,7H,2,6H2,1H3/p+1/b4-3-,8-5-. The number of hydrogen-bond donors (Lipinski definition) is 0. The molecular formula is C8H12NO+. The van der Waals surface area contributed by atoms with Gasteiger partial charge in [-0.25, -0.2) is 0 Å². The van der Waals surface area contributed by atoms with Gasteiger partial charge in [0.15, 0.2) is 0 Å². The maximum Gasteiger partial charge on any atom is 0.305 e. The third-order valence-corrected chi connectivity index (χ3v) is 0.953. The van der Waals surface area contributed by atoms with E-state index in [0.29, 0.717) is 6.54 Å². The molecule has 10 heavy (non-hydrogen) atoms. The number of carbonyl (C=O) groups excluding carboxylic acids is 1. The maximum atomic E-state index is 8.32. The molecule has 0 atom stereocenters. The van der Waals surface area contributed by atoms with Gasteiger partial charge in [-0.1, -0.05) is 12.2 Å². The van der Waals surface area contributed by atoms with E-state index in [-0.39, 0.29) is 0 Å². The lowest BCUT2D eigenvalue weighted by molar-refractivity contribution is 0.696. The molecule has 2 heteroatoms. The average Bonchev–Trinajstić information content (AvgIpc) is 1.89. The van der Waals surface area contributed by atoms with Crippen LogP contribution in [0.5, 0.6) is 0 Å². The van der Waals surface area contributed by atoms with Crippen molar-refractivity contribution in [2.45, 2.75) is 6.92 Å². The molecule has 0 fully saturated rings. The molecule has 0 bridgehead atoms. The fourth-order valence-corrected chi connectivity index (χ4v) is 0.486. The van der Waals surface area contributed by atoms with E-state index in [0.717, 1.165) is 11.9 Å². The Labute approximate surface area is 61.0 Å². The zero-order chi connectivity index (χ0) is 7.82. The summed E-state index contributed by atoms with van der Waals surface area (Å²) < 4.78 is 0. The summed E-state index contributed by atoms with van der Waals surface area (Å²) in [5.41, 5.74) is 0.992. The van der Waals surface area contributed by atoms with Crippen LogP contribution >= 0.6 is 0 Å². The fourth-order valence-electron chi connectivity index (χ4n) is 0.486. The number of aliphatic imine (C=N–C) groups is 1. The molecule has 0 saturated heterocycles. The van der Waals surface area contributed by atoms with Crippen molar-refractivity contribution in [3.05, 3.63) is 23.8 Å². The van der Waals surface area contributed by atoms with E-state index >= 15 is 0 Å². The van der Waals surface area contributed by atoms with Gasteiger partial charge >= 0.3 is 6.29 Å². The molecule has 2 nitrogen and oxygen atoms in total. The Morgan fingerprint density at radius 2 is 2.40 bits per heavy atom. The van der Waals surface area contributed by atoms with Crippen molar-refractivity contribution in [1.82, 2.24) is 0 Å². The summed E-state index contributed by atoms with van der Waals surface area (Å²) in [6, 6.07) is 0. The van der Waals surface area contributed by atoms with Crippen LogP contribution in [0, 0.1) is 0 Å². The van der Waals surface area contributed by atoms with Crippen molar-refractivity contribution < 1.29 is 4.79 Å². The van der Waals surface area contributed by atoms with Crippen LogP contribution in [0.25, 0.3) is 0 Å². The summed E-state index contributed by atoms with van der Waals surface area (Å²) in [4.78, 5) is 12.0. The Morgan fingerprint density at radius 1 is 1.70 bits per heavy atom. The predicted octanol–water partition coefficient (Wildman–Crippen LogP) is 1.36. The largest absolute Gasteiger partial charge is 0.305 e. The van der Waals surface area contributed by atoms with E-state index < -0.39 is 0 Å². The van der Waals surface area contributed by atoms with Crippen LogP contribution in [0.15, 0.2) is 28.8 Å². The Balaban J connectivity index is 3.75. The molecule has 0 spiro atoms. The van der Waals surface area contributed by atoms with Gasteiger partial charge < -0.3 is 0 Å². The smallest absolute Gasteiger partial charge is 0.297 e. The first-order chi connectivity index (χ1) is 4.81. The van der Waals surface area contributed by atoms with Crippen molar-refractivity contribution >= 4 is 13.0 Å². The number of allylic oxidation sites excluding steroid dienone is 3. The summed E-state index contributed by atoms with van der Waals surface area (Å²) in [6.07, 6.45) is 6.38. The van der Waals surface area contributed by atoms with Crippen LogP contribution in [0.2, 0.25) is 0 Å². The summed E-state index contributed by atoms with van der Waals surface area (Å²) in [5, 5.41) is 0. The molecule has 0 aliphatic heterocycles. The Hall–Kier alpha value is -1.18. The third-order valence-electron chi connectivity index (χ3n) is 0.953. The zero-order valence-corrected chi connectivity index (χ0v) is 6.12. The minimum absolute atomic E-state index is 0.622. The molecule has 0 unspecified atom stereocenters. The molecule has 0 aliphatic rings. The van der Waals surface area contributed by atoms with E-state index in [1.54, 1.807) is 6.08 Å². The van der Waals surface area contributed by atoms with Crippen LogP contribution in [-0.2, 0) is 0 Å². The molecule has 0 aromatic rings. The second-order valence-corrected chi connectivity index (χ2v) is 1.87. The Bertz CT molecular complexity index is 168. The lowest BCUT2D eigenvalue weighted by Crippen LogP contribution is -1.72. The maximum absolute atomic E-state index is 8.32. The molecule has 1 N–H and O–H groups in total. The van der Waals surface area contributed by atoms with E-state index in [1.807, 2.05) is 19.1 Å². The SMILES string of the molecule is C=NC/C=C\C(C)=C/C=[OH+]. The Morgan fingerprint density at radius 3 is 2.90 bits per heavy atom. The van der Waals surface area contributed by atoms with E-state index in [2.05, 4.69) is 11.7 Å². The fraction of sp³-hybridized carbons (Fsp3) is 0.250. The molecule has 0 rings (SSSR count). The molecule has 0 radical (unpaired) electrons. The zero-order valence-electron chi connectivity index (χ0n) is 6.12. The van der Waals surface area contributed by atoms with Crippen molar-refractivity contribution in [2.24, 2.45) is 4.99 Å². The second kappa shape index (κ2) is 5.95. The molecular weight excluding hydrogens is 126 g/mol. The predicted molar refractivity (Wildman–Crippen MR) is 45.3 cm³/mol. The van der Waals surface area contributed by atoms with Gasteiger partial charge in [0.25, 0.3) is 0 Å². The second-order valence-electron chi connectivity index (χ2n) is 1.87. The topological polar surface area (TPSA) is 33.8 Å². The van der Waals surface area contributed by atoms with E-state index in [4.69, 9.17) is 4.79 Å². The van der Waals surface area contributed by atoms with Gasteiger partial charge in [0.2, 0.25) is 0 Å². The van der Waals surface area contributed by atoms with E-state index in [1.165, 1.54) is 0 Å². The quantitative estimate of drug-likeness (QED) is 0.185. The minimum Gasteiger partial charge on any atom is -0.297 e.